The highest BCUT2D eigenvalue weighted by Crippen LogP contribution is 2.40. The summed E-state index contributed by atoms with van der Waals surface area (Å²) >= 11 is 1.28. The number of esters is 1. The van der Waals surface area contributed by atoms with E-state index < -0.39 is 23.0 Å². The van der Waals surface area contributed by atoms with Gasteiger partial charge in [0.25, 0.3) is 0 Å². The maximum Gasteiger partial charge on any atom is 0.344 e. The Morgan fingerprint density at radius 1 is 1.26 bits per heavy atom. The molecule has 9 heteroatoms. The molecule has 1 fully saturated rings. The van der Waals surface area contributed by atoms with Gasteiger partial charge in [-0.05, 0) is 20.0 Å². The van der Waals surface area contributed by atoms with Crippen LogP contribution in [0.2, 0.25) is 0 Å². The number of carbonyl (C=O) groups is 1. The lowest BCUT2D eigenvalue weighted by molar-refractivity contribution is 0.0518. The van der Waals surface area contributed by atoms with Crippen LogP contribution in [0.4, 0.5) is 14.5 Å². The number of halogens is 2. The van der Waals surface area contributed by atoms with Crippen LogP contribution in [0.3, 0.4) is 0 Å². The Labute approximate surface area is 158 Å². The molecule has 1 aromatic heterocycles. The van der Waals surface area contributed by atoms with Gasteiger partial charge in [0.15, 0.2) is 5.82 Å². The second-order valence-corrected chi connectivity index (χ2v) is 7.57. The van der Waals surface area contributed by atoms with Crippen LogP contribution in [-0.4, -0.2) is 55.3 Å². The summed E-state index contributed by atoms with van der Waals surface area (Å²) < 4.78 is 36.7. The van der Waals surface area contributed by atoms with Crippen LogP contribution in [0, 0.1) is 11.6 Å². The van der Waals surface area contributed by atoms with Gasteiger partial charge in [-0.1, -0.05) is 11.8 Å². The summed E-state index contributed by atoms with van der Waals surface area (Å²) in [5, 5.41) is 0.246. The van der Waals surface area contributed by atoms with E-state index in [4.69, 9.17) is 4.74 Å². The number of likely N-dealkylation sites (N-methyl/N-ethyl adjacent to an activating group) is 1. The average Bonchev–Trinajstić information content (AvgIpc) is 2.60. The molecule has 4 rings (SSSR count). The molecule has 1 aromatic carbocycles. The first-order chi connectivity index (χ1) is 12.9. The van der Waals surface area contributed by atoms with Crippen molar-refractivity contribution in [2.24, 2.45) is 0 Å². The first kappa shape index (κ1) is 18.2. The van der Waals surface area contributed by atoms with Gasteiger partial charge in [0, 0.05) is 26.2 Å². The third kappa shape index (κ3) is 2.80. The van der Waals surface area contributed by atoms with Crippen LogP contribution in [0.1, 0.15) is 17.3 Å². The Kier molecular flexibility index (Phi) is 4.59. The Bertz CT molecular complexity index is 1000. The highest BCUT2D eigenvalue weighted by molar-refractivity contribution is 7.99. The van der Waals surface area contributed by atoms with E-state index in [9.17, 15) is 14.0 Å². The molecule has 0 amide bonds. The Balaban J connectivity index is 1.92. The van der Waals surface area contributed by atoms with Crippen molar-refractivity contribution in [3.8, 4) is 0 Å². The third-order valence-electron chi connectivity index (χ3n) is 5.00. The monoisotopic (exact) mass is 395 g/mol. The number of nitrogens with zero attached hydrogens (tertiary/aromatic N) is 3. The lowest BCUT2D eigenvalue weighted by atomic mass is 10.1. The highest BCUT2D eigenvalue weighted by atomic mass is 32.2. The van der Waals surface area contributed by atoms with Crippen molar-refractivity contribution in [2.45, 2.75) is 17.8 Å². The molecule has 0 atom stereocenters. The summed E-state index contributed by atoms with van der Waals surface area (Å²) in [6.45, 7) is 4.16. The SMILES string of the molecule is CCOC(=O)c1c2n(c3c(F)c(N4CCN(C)CC4)c(F)cc3c1=O)CS2. The number of anilines is 1. The Morgan fingerprint density at radius 3 is 2.56 bits per heavy atom. The quantitative estimate of drug-likeness (QED) is 0.744. The van der Waals surface area contributed by atoms with Crippen molar-refractivity contribution in [1.29, 1.82) is 0 Å². The van der Waals surface area contributed by atoms with Crippen molar-refractivity contribution in [3.05, 3.63) is 33.5 Å². The standard InChI is InChI=1S/C18H19F2N3O3S/c1-3-26-18(25)12-16(24)10-8-11(19)15(22-6-4-21(2)5-7-22)13(20)14(10)23-9-27-17(12)23/h8H,3-7,9H2,1-2H3. The number of piperazine rings is 1. The number of pyridine rings is 1. The van der Waals surface area contributed by atoms with Crippen LogP contribution >= 0.6 is 11.8 Å². The number of carbonyl (C=O) groups excluding carboxylic acids is 1. The van der Waals surface area contributed by atoms with E-state index >= 15 is 4.39 Å². The van der Waals surface area contributed by atoms with Gasteiger partial charge in [0.1, 0.15) is 17.1 Å². The number of hydrogen-bond acceptors (Lipinski definition) is 6. The molecule has 1 saturated heterocycles. The summed E-state index contributed by atoms with van der Waals surface area (Å²) in [6, 6.07) is 1.05. The molecule has 0 spiro atoms. The molecule has 2 aromatic rings. The van der Waals surface area contributed by atoms with Gasteiger partial charge in [-0.15, -0.1) is 0 Å². The van der Waals surface area contributed by atoms with Crippen molar-refractivity contribution >= 4 is 34.3 Å². The van der Waals surface area contributed by atoms with Crippen molar-refractivity contribution < 1.29 is 18.3 Å². The zero-order valence-corrected chi connectivity index (χ0v) is 15.9. The number of rotatable bonds is 3. The first-order valence-corrected chi connectivity index (χ1v) is 9.74. The fourth-order valence-corrected chi connectivity index (χ4v) is 4.47. The average molecular weight is 395 g/mol. The van der Waals surface area contributed by atoms with Gasteiger partial charge < -0.3 is 19.1 Å². The number of aromatic nitrogens is 1. The topological polar surface area (TPSA) is 54.8 Å². The molecule has 27 heavy (non-hydrogen) atoms. The van der Waals surface area contributed by atoms with Crippen LogP contribution in [0.5, 0.6) is 0 Å². The lowest BCUT2D eigenvalue weighted by Gasteiger charge is -2.35. The fourth-order valence-electron chi connectivity index (χ4n) is 3.54. The van der Waals surface area contributed by atoms with Crippen LogP contribution in [-0.2, 0) is 10.6 Å². The van der Waals surface area contributed by atoms with Gasteiger partial charge in [0.05, 0.1) is 28.4 Å². The molecular formula is C18H19F2N3O3S. The normalized spacial score (nSPS) is 17.0. The van der Waals surface area contributed by atoms with E-state index in [0.717, 1.165) is 6.07 Å². The summed E-state index contributed by atoms with van der Waals surface area (Å²) in [5.41, 5.74) is -0.890. The van der Waals surface area contributed by atoms with Crippen LogP contribution in [0.25, 0.3) is 10.9 Å². The minimum absolute atomic E-state index is 0.0529. The molecule has 2 aliphatic heterocycles. The Hall–Kier alpha value is -2.13. The van der Waals surface area contributed by atoms with E-state index in [0.29, 0.717) is 37.1 Å². The van der Waals surface area contributed by atoms with Gasteiger partial charge in [-0.2, -0.15) is 0 Å². The number of fused-ring (bicyclic) bond motifs is 3. The van der Waals surface area contributed by atoms with Crippen LogP contribution < -0.4 is 10.3 Å². The van der Waals surface area contributed by atoms with E-state index in [-0.39, 0.29) is 28.8 Å². The van der Waals surface area contributed by atoms with Gasteiger partial charge in [0.2, 0.25) is 5.43 Å². The van der Waals surface area contributed by atoms with Gasteiger partial charge in [-0.25, -0.2) is 13.6 Å². The predicted octanol–water partition coefficient (Wildman–Crippen LogP) is 2.27. The molecule has 144 valence electrons. The van der Waals surface area contributed by atoms with E-state index in [1.807, 2.05) is 7.05 Å². The highest BCUT2D eigenvalue weighted by Gasteiger charge is 2.33. The van der Waals surface area contributed by atoms with Crippen molar-refractivity contribution in [1.82, 2.24) is 9.47 Å². The van der Waals surface area contributed by atoms with Gasteiger partial charge in [-0.3, -0.25) is 4.79 Å². The summed E-state index contributed by atoms with van der Waals surface area (Å²) in [5.74, 6) is -1.90. The molecule has 6 nitrogen and oxygen atoms in total. The molecule has 0 radical (unpaired) electrons. The number of hydrogen-bond donors (Lipinski definition) is 0. The molecule has 0 aliphatic carbocycles. The minimum atomic E-state index is -0.788. The zero-order chi connectivity index (χ0) is 19.3. The van der Waals surface area contributed by atoms with E-state index in [1.54, 1.807) is 16.4 Å². The molecule has 2 aliphatic rings. The molecule has 0 bridgehead atoms. The second kappa shape index (κ2) is 6.79. The largest absolute Gasteiger partial charge is 0.462 e. The molecule has 3 heterocycles. The maximum atomic E-state index is 15.4. The van der Waals surface area contributed by atoms with Gasteiger partial charge >= 0.3 is 5.97 Å². The summed E-state index contributed by atoms with van der Waals surface area (Å²) in [4.78, 5) is 28.8. The molecular weight excluding hydrogens is 376 g/mol. The Morgan fingerprint density at radius 2 is 1.96 bits per heavy atom. The molecule has 0 saturated carbocycles. The molecule has 0 unspecified atom stereocenters. The second-order valence-electron chi connectivity index (χ2n) is 6.64. The zero-order valence-electron chi connectivity index (χ0n) is 15.1. The number of benzene rings is 1. The molecule has 0 N–H and O–H groups in total. The van der Waals surface area contributed by atoms with Crippen molar-refractivity contribution in [3.63, 3.8) is 0 Å². The minimum Gasteiger partial charge on any atom is -0.462 e. The fraction of sp³-hybridized carbons (Fsp3) is 0.444. The van der Waals surface area contributed by atoms with E-state index in [1.165, 1.54) is 11.8 Å². The maximum absolute atomic E-state index is 15.4. The number of ether oxygens (including phenoxy) is 1. The predicted molar refractivity (Wildman–Crippen MR) is 99.6 cm³/mol. The first-order valence-electron chi connectivity index (χ1n) is 8.76. The smallest absolute Gasteiger partial charge is 0.344 e. The van der Waals surface area contributed by atoms with E-state index in [2.05, 4.69) is 4.90 Å². The third-order valence-corrected chi connectivity index (χ3v) is 6.08. The summed E-state index contributed by atoms with van der Waals surface area (Å²) in [6.07, 6.45) is 0. The van der Waals surface area contributed by atoms with Crippen molar-refractivity contribution in [2.75, 3.05) is 44.7 Å². The summed E-state index contributed by atoms with van der Waals surface area (Å²) in [7, 11) is 1.96. The number of thioether (sulfide) groups is 1. The lowest BCUT2D eigenvalue weighted by Crippen LogP contribution is -2.45. The van der Waals surface area contributed by atoms with Crippen LogP contribution in [0.15, 0.2) is 15.9 Å².